The van der Waals surface area contributed by atoms with Gasteiger partial charge in [0.25, 0.3) is 0 Å². The largest absolute Gasteiger partial charge is 0.383 e. The molecular weight excluding hydrogens is 237 g/mol. The average molecular weight is 240 g/mol. The van der Waals surface area contributed by atoms with Gasteiger partial charge in [0.15, 0.2) is 5.65 Å². The predicted molar refractivity (Wildman–Crippen MR) is 56.5 cm³/mol. The maximum Gasteiger partial charge on any atom is 0.226 e. The van der Waals surface area contributed by atoms with Crippen LogP contribution in [0.25, 0.3) is 11.0 Å². The lowest BCUT2D eigenvalue weighted by molar-refractivity contribution is 1.18. The van der Waals surface area contributed by atoms with Crippen molar-refractivity contribution in [2.75, 3.05) is 5.73 Å². The van der Waals surface area contributed by atoms with Gasteiger partial charge in [-0.15, -0.1) is 0 Å². The molecule has 0 aliphatic rings. The van der Waals surface area contributed by atoms with Gasteiger partial charge in [0.05, 0.1) is 10.9 Å². The summed E-state index contributed by atoms with van der Waals surface area (Å²) in [5.74, 6) is 0.172. The van der Waals surface area contributed by atoms with E-state index in [-0.39, 0.29) is 27.5 Å². The van der Waals surface area contributed by atoms with Crippen molar-refractivity contribution in [2.45, 2.75) is 0 Å². The zero-order valence-corrected chi connectivity index (χ0v) is 8.71. The van der Waals surface area contributed by atoms with Gasteiger partial charge in [-0.2, -0.15) is 10.2 Å². The van der Waals surface area contributed by atoms with Gasteiger partial charge in [0.2, 0.25) is 5.28 Å². The SMILES string of the molecule is N#Cc1cc2c(N)nc(Cl)nc2nc1Cl. The first-order valence-corrected chi connectivity index (χ1v) is 4.57. The van der Waals surface area contributed by atoms with Crippen molar-refractivity contribution in [1.82, 2.24) is 15.0 Å². The van der Waals surface area contributed by atoms with Crippen molar-refractivity contribution >= 4 is 40.1 Å². The summed E-state index contributed by atoms with van der Waals surface area (Å²) in [5.41, 5.74) is 6.10. The molecule has 0 aliphatic carbocycles. The van der Waals surface area contributed by atoms with Crippen LogP contribution in [0.15, 0.2) is 6.07 Å². The van der Waals surface area contributed by atoms with E-state index in [9.17, 15) is 0 Å². The first kappa shape index (κ1) is 9.90. The van der Waals surface area contributed by atoms with Gasteiger partial charge in [0.1, 0.15) is 17.0 Å². The summed E-state index contributed by atoms with van der Waals surface area (Å²) in [5, 5.41) is 9.26. The molecule has 2 aromatic rings. The third kappa shape index (κ3) is 1.65. The number of fused-ring (bicyclic) bond motifs is 1. The Hall–Kier alpha value is -1.64. The molecule has 0 aromatic carbocycles. The highest BCUT2D eigenvalue weighted by atomic mass is 35.5. The fourth-order valence-corrected chi connectivity index (χ4v) is 1.45. The van der Waals surface area contributed by atoms with E-state index in [2.05, 4.69) is 15.0 Å². The van der Waals surface area contributed by atoms with Crippen LogP contribution in [-0.2, 0) is 0 Å². The quantitative estimate of drug-likeness (QED) is 0.560. The van der Waals surface area contributed by atoms with Crippen molar-refractivity contribution in [3.63, 3.8) is 0 Å². The third-order valence-corrected chi connectivity index (χ3v) is 2.22. The number of anilines is 1. The number of nitrogen functional groups attached to an aromatic ring is 1. The summed E-state index contributed by atoms with van der Waals surface area (Å²) in [6.07, 6.45) is 0. The number of nitriles is 1. The minimum absolute atomic E-state index is 0.00623. The van der Waals surface area contributed by atoms with E-state index >= 15 is 0 Å². The van der Waals surface area contributed by atoms with Crippen molar-refractivity contribution < 1.29 is 0 Å². The van der Waals surface area contributed by atoms with E-state index in [1.165, 1.54) is 6.07 Å². The van der Waals surface area contributed by atoms with Gasteiger partial charge in [0, 0.05) is 0 Å². The van der Waals surface area contributed by atoms with Crippen LogP contribution in [0.4, 0.5) is 5.82 Å². The smallest absolute Gasteiger partial charge is 0.226 e. The Kier molecular flexibility index (Phi) is 2.31. The second-order valence-electron chi connectivity index (χ2n) is 2.69. The number of halogens is 2. The summed E-state index contributed by atoms with van der Waals surface area (Å²) >= 11 is 11.3. The fourth-order valence-electron chi connectivity index (χ4n) is 1.11. The van der Waals surface area contributed by atoms with E-state index in [0.29, 0.717) is 5.39 Å². The molecular formula is C8H3Cl2N5. The molecule has 0 saturated carbocycles. The number of pyridine rings is 1. The standard InChI is InChI=1S/C8H3Cl2N5/c9-5-3(2-11)1-4-6(12)14-8(10)15-7(4)13-5/h1H,(H2,12,13,14,15). The van der Waals surface area contributed by atoms with Gasteiger partial charge in [-0.05, 0) is 17.7 Å². The van der Waals surface area contributed by atoms with Crippen molar-refractivity contribution in [2.24, 2.45) is 0 Å². The lowest BCUT2D eigenvalue weighted by atomic mass is 10.2. The van der Waals surface area contributed by atoms with Crippen LogP contribution in [0, 0.1) is 11.3 Å². The van der Waals surface area contributed by atoms with Crippen LogP contribution < -0.4 is 5.73 Å². The van der Waals surface area contributed by atoms with Crippen molar-refractivity contribution in [3.8, 4) is 6.07 Å². The highest BCUT2D eigenvalue weighted by Crippen LogP contribution is 2.23. The molecule has 0 amide bonds. The number of hydrogen-bond donors (Lipinski definition) is 1. The molecule has 2 rings (SSSR count). The second-order valence-corrected chi connectivity index (χ2v) is 3.38. The predicted octanol–water partition coefficient (Wildman–Crippen LogP) is 1.79. The van der Waals surface area contributed by atoms with E-state index in [1.807, 2.05) is 6.07 Å². The van der Waals surface area contributed by atoms with Crippen LogP contribution >= 0.6 is 23.2 Å². The fraction of sp³-hybridized carbons (Fsp3) is 0. The molecule has 0 radical (unpaired) electrons. The van der Waals surface area contributed by atoms with Gasteiger partial charge < -0.3 is 5.73 Å². The monoisotopic (exact) mass is 239 g/mol. The molecule has 7 heteroatoms. The molecule has 2 aromatic heterocycles. The van der Waals surface area contributed by atoms with Crippen LogP contribution in [-0.4, -0.2) is 15.0 Å². The summed E-state index contributed by atoms with van der Waals surface area (Å²) in [6.45, 7) is 0. The van der Waals surface area contributed by atoms with Gasteiger partial charge in [-0.3, -0.25) is 0 Å². The molecule has 0 saturated heterocycles. The first-order chi connectivity index (χ1) is 7.11. The molecule has 2 N–H and O–H groups in total. The average Bonchev–Trinajstić information content (AvgIpc) is 2.16. The molecule has 0 unspecified atom stereocenters. The van der Waals surface area contributed by atoms with E-state index in [4.69, 9.17) is 34.2 Å². The minimum Gasteiger partial charge on any atom is -0.383 e. The van der Waals surface area contributed by atoms with E-state index < -0.39 is 0 Å². The number of aromatic nitrogens is 3. The lowest BCUT2D eigenvalue weighted by Gasteiger charge is -2.01. The number of nitrogens with zero attached hydrogens (tertiary/aromatic N) is 4. The lowest BCUT2D eigenvalue weighted by Crippen LogP contribution is -1.97. The Labute approximate surface area is 94.5 Å². The number of hydrogen-bond acceptors (Lipinski definition) is 5. The Morgan fingerprint density at radius 3 is 2.67 bits per heavy atom. The molecule has 0 aliphatic heterocycles. The summed E-state index contributed by atoms with van der Waals surface area (Å²) in [4.78, 5) is 11.5. The Balaban J connectivity index is 2.89. The highest BCUT2D eigenvalue weighted by molar-refractivity contribution is 6.31. The molecule has 2 heterocycles. The van der Waals surface area contributed by atoms with Crippen molar-refractivity contribution in [1.29, 1.82) is 5.26 Å². The molecule has 74 valence electrons. The summed E-state index contributed by atoms with van der Waals surface area (Å²) in [6, 6.07) is 3.37. The summed E-state index contributed by atoms with van der Waals surface area (Å²) in [7, 11) is 0. The second kappa shape index (κ2) is 3.50. The van der Waals surface area contributed by atoms with Crippen LogP contribution in [0.1, 0.15) is 5.56 Å². The molecule has 0 fully saturated rings. The van der Waals surface area contributed by atoms with Crippen molar-refractivity contribution in [3.05, 3.63) is 22.1 Å². The maximum absolute atomic E-state index is 8.74. The van der Waals surface area contributed by atoms with Gasteiger partial charge in [-0.1, -0.05) is 11.6 Å². The highest BCUT2D eigenvalue weighted by Gasteiger charge is 2.09. The van der Waals surface area contributed by atoms with Gasteiger partial charge >= 0.3 is 0 Å². The number of nitrogens with two attached hydrogens (primary N) is 1. The number of rotatable bonds is 0. The molecule has 15 heavy (non-hydrogen) atoms. The Morgan fingerprint density at radius 2 is 2.00 bits per heavy atom. The van der Waals surface area contributed by atoms with E-state index in [0.717, 1.165) is 0 Å². The topological polar surface area (TPSA) is 88.5 Å². The van der Waals surface area contributed by atoms with Crippen LogP contribution in [0.5, 0.6) is 0 Å². The Bertz CT molecular complexity index is 590. The maximum atomic E-state index is 8.74. The van der Waals surface area contributed by atoms with Gasteiger partial charge in [-0.25, -0.2) is 9.97 Å². The van der Waals surface area contributed by atoms with Crippen LogP contribution in [0.2, 0.25) is 10.4 Å². The molecule has 5 nitrogen and oxygen atoms in total. The minimum atomic E-state index is -0.00623. The molecule has 0 bridgehead atoms. The van der Waals surface area contributed by atoms with E-state index in [1.54, 1.807) is 0 Å². The zero-order chi connectivity index (χ0) is 11.0. The first-order valence-electron chi connectivity index (χ1n) is 3.81. The van der Waals surface area contributed by atoms with Crippen LogP contribution in [0.3, 0.4) is 0 Å². The summed E-state index contributed by atoms with van der Waals surface area (Å²) < 4.78 is 0. The molecule has 0 spiro atoms. The normalized spacial score (nSPS) is 10.2. The zero-order valence-electron chi connectivity index (χ0n) is 7.20. The third-order valence-electron chi connectivity index (χ3n) is 1.76. The Morgan fingerprint density at radius 1 is 1.27 bits per heavy atom. The molecule has 0 atom stereocenters.